The van der Waals surface area contributed by atoms with E-state index in [2.05, 4.69) is 9.71 Å². The van der Waals surface area contributed by atoms with E-state index in [0.717, 1.165) is 10.8 Å². The Morgan fingerprint density at radius 1 is 1.00 bits per heavy atom. The molecule has 1 aromatic heterocycles. The molecule has 0 bridgehead atoms. The predicted molar refractivity (Wildman–Crippen MR) is 84.0 cm³/mol. The molecule has 0 unspecified atom stereocenters. The molecule has 106 valence electrons. The minimum Gasteiger partial charge on any atom is -0.280 e. The quantitative estimate of drug-likeness (QED) is 0.801. The number of halogens is 1. The van der Waals surface area contributed by atoms with Crippen molar-refractivity contribution in [3.8, 4) is 0 Å². The number of sulfonamides is 1. The van der Waals surface area contributed by atoms with Crippen molar-refractivity contribution in [2.24, 2.45) is 0 Å². The van der Waals surface area contributed by atoms with Crippen LogP contribution in [0.1, 0.15) is 0 Å². The lowest BCUT2D eigenvalue weighted by Gasteiger charge is -2.09. The van der Waals surface area contributed by atoms with Crippen molar-refractivity contribution in [2.75, 3.05) is 4.72 Å². The first-order valence-electron chi connectivity index (χ1n) is 6.17. The third-order valence-corrected chi connectivity index (χ3v) is 4.88. The molecule has 0 aliphatic heterocycles. The molecule has 21 heavy (non-hydrogen) atoms. The number of rotatable bonds is 3. The van der Waals surface area contributed by atoms with Gasteiger partial charge in [0.1, 0.15) is 4.90 Å². The molecule has 6 heteroatoms. The Labute approximate surface area is 127 Å². The van der Waals surface area contributed by atoms with Crippen LogP contribution in [0.3, 0.4) is 0 Å². The van der Waals surface area contributed by atoms with Gasteiger partial charge in [0, 0.05) is 18.1 Å². The molecule has 0 aliphatic carbocycles. The van der Waals surface area contributed by atoms with Crippen LogP contribution in [0.25, 0.3) is 10.8 Å². The van der Waals surface area contributed by atoms with E-state index in [-0.39, 0.29) is 9.92 Å². The van der Waals surface area contributed by atoms with E-state index < -0.39 is 10.0 Å². The molecule has 0 radical (unpaired) electrons. The number of nitrogens with zero attached hydrogens (tertiary/aromatic N) is 1. The average Bonchev–Trinajstić information content (AvgIpc) is 2.47. The van der Waals surface area contributed by atoms with Crippen LogP contribution in [0, 0.1) is 0 Å². The van der Waals surface area contributed by atoms with Gasteiger partial charge >= 0.3 is 0 Å². The van der Waals surface area contributed by atoms with E-state index >= 15 is 0 Å². The lowest BCUT2D eigenvalue weighted by Crippen LogP contribution is -2.13. The molecule has 3 rings (SSSR count). The Kier molecular flexibility index (Phi) is 3.53. The Balaban J connectivity index is 1.99. The highest BCUT2D eigenvalue weighted by Gasteiger charge is 2.18. The van der Waals surface area contributed by atoms with Crippen LogP contribution in [0.5, 0.6) is 0 Å². The molecule has 0 aliphatic rings. The van der Waals surface area contributed by atoms with Crippen molar-refractivity contribution < 1.29 is 8.42 Å². The number of fused-ring (bicyclic) bond motifs is 1. The Morgan fingerprint density at radius 3 is 2.52 bits per heavy atom. The fourth-order valence-corrected chi connectivity index (χ4v) is 3.51. The Bertz CT molecular complexity index is 910. The van der Waals surface area contributed by atoms with Gasteiger partial charge in [0.05, 0.1) is 5.02 Å². The maximum atomic E-state index is 12.3. The lowest BCUT2D eigenvalue weighted by atomic mass is 10.1. The summed E-state index contributed by atoms with van der Waals surface area (Å²) in [7, 11) is -3.76. The van der Waals surface area contributed by atoms with Crippen molar-refractivity contribution in [2.45, 2.75) is 4.90 Å². The fraction of sp³-hybridized carbons (Fsp3) is 0. The summed E-state index contributed by atoms with van der Waals surface area (Å²) in [6.07, 6.45) is 2.67. The fourth-order valence-electron chi connectivity index (χ4n) is 2.02. The summed E-state index contributed by atoms with van der Waals surface area (Å²) < 4.78 is 27.2. The van der Waals surface area contributed by atoms with Gasteiger partial charge in [-0.3, -0.25) is 9.71 Å². The summed E-state index contributed by atoms with van der Waals surface area (Å²) in [5.41, 5.74) is 0.480. The monoisotopic (exact) mass is 318 g/mol. The molecule has 1 heterocycles. The van der Waals surface area contributed by atoms with Crippen LogP contribution >= 0.6 is 11.6 Å². The van der Waals surface area contributed by atoms with Crippen LogP contribution in [-0.4, -0.2) is 13.4 Å². The maximum Gasteiger partial charge on any atom is 0.264 e. The SMILES string of the molecule is O=S(=O)(Nc1ccc2ccccc2c1)c1cnccc1Cl. The second kappa shape index (κ2) is 5.35. The first-order valence-corrected chi connectivity index (χ1v) is 8.03. The number of aromatic nitrogens is 1. The number of benzene rings is 2. The molecular weight excluding hydrogens is 308 g/mol. The third kappa shape index (κ3) is 2.84. The van der Waals surface area contributed by atoms with E-state index in [0.29, 0.717) is 5.69 Å². The zero-order valence-corrected chi connectivity index (χ0v) is 12.4. The molecule has 0 saturated carbocycles. The predicted octanol–water partition coefficient (Wildman–Crippen LogP) is 3.69. The van der Waals surface area contributed by atoms with Gasteiger partial charge in [-0.15, -0.1) is 0 Å². The van der Waals surface area contributed by atoms with Crippen LogP contribution in [-0.2, 0) is 10.0 Å². The molecule has 3 aromatic rings. The summed E-state index contributed by atoms with van der Waals surface area (Å²) in [6.45, 7) is 0. The molecular formula is C15H11ClN2O2S. The summed E-state index contributed by atoms with van der Waals surface area (Å²) in [5.74, 6) is 0. The first kappa shape index (κ1) is 13.9. The van der Waals surface area contributed by atoms with E-state index in [1.807, 2.05) is 30.3 Å². The van der Waals surface area contributed by atoms with Gasteiger partial charge in [0.25, 0.3) is 10.0 Å². The number of pyridine rings is 1. The van der Waals surface area contributed by atoms with Gasteiger partial charge in [-0.25, -0.2) is 8.42 Å². The smallest absolute Gasteiger partial charge is 0.264 e. The molecule has 2 aromatic carbocycles. The number of anilines is 1. The topological polar surface area (TPSA) is 59.1 Å². The summed E-state index contributed by atoms with van der Waals surface area (Å²) in [5, 5.41) is 2.13. The molecule has 0 spiro atoms. The Hall–Kier alpha value is -2.11. The van der Waals surface area contributed by atoms with Crippen molar-refractivity contribution in [3.63, 3.8) is 0 Å². The van der Waals surface area contributed by atoms with Crippen molar-refractivity contribution in [1.82, 2.24) is 4.98 Å². The second-order valence-corrected chi connectivity index (χ2v) is 6.53. The summed E-state index contributed by atoms with van der Waals surface area (Å²) in [4.78, 5) is 3.76. The van der Waals surface area contributed by atoms with Crippen molar-refractivity contribution in [3.05, 3.63) is 65.9 Å². The minimum absolute atomic E-state index is 0.0418. The number of nitrogens with one attached hydrogen (secondary N) is 1. The molecule has 0 amide bonds. The standard InChI is InChI=1S/C15H11ClN2O2S/c16-14-7-8-17-10-15(14)21(19,20)18-13-6-5-11-3-1-2-4-12(11)9-13/h1-10,18H. The molecule has 0 saturated heterocycles. The van der Waals surface area contributed by atoms with Crippen LogP contribution < -0.4 is 4.72 Å². The van der Waals surface area contributed by atoms with E-state index in [4.69, 9.17) is 11.6 Å². The Morgan fingerprint density at radius 2 is 1.76 bits per heavy atom. The first-order chi connectivity index (χ1) is 10.1. The molecule has 1 N–H and O–H groups in total. The van der Waals surface area contributed by atoms with Gasteiger partial charge in [0.15, 0.2) is 0 Å². The van der Waals surface area contributed by atoms with Crippen molar-refractivity contribution in [1.29, 1.82) is 0 Å². The van der Waals surface area contributed by atoms with Crippen molar-refractivity contribution >= 4 is 38.1 Å². The van der Waals surface area contributed by atoms with Gasteiger partial charge in [0.2, 0.25) is 0 Å². The maximum absolute atomic E-state index is 12.3. The van der Waals surface area contributed by atoms with E-state index in [9.17, 15) is 8.42 Å². The normalized spacial score (nSPS) is 11.5. The van der Waals surface area contributed by atoms with Gasteiger partial charge in [-0.1, -0.05) is 41.9 Å². The summed E-state index contributed by atoms with van der Waals surface area (Å²) in [6, 6.07) is 14.5. The second-order valence-electron chi connectivity index (χ2n) is 4.47. The highest BCUT2D eigenvalue weighted by Crippen LogP contribution is 2.24. The lowest BCUT2D eigenvalue weighted by molar-refractivity contribution is 0.601. The zero-order valence-electron chi connectivity index (χ0n) is 10.8. The third-order valence-electron chi connectivity index (χ3n) is 3.03. The number of hydrogen-bond acceptors (Lipinski definition) is 3. The zero-order chi connectivity index (χ0) is 14.9. The highest BCUT2D eigenvalue weighted by atomic mass is 35.5. The van der Waals surface area contributed by atoms with Gasteiger partial charge in [-0.2, -0.15) is 0 Å². The highest BCUT2D eigenvalue weighted by molar-refractivity contribution is 7.92. The van der Waals surface area contributed by atoms with Gasteiger partial charge in [-0.05, 0) is 29.0 Å². The van der Waals surface area contributed by atoms with Gasteiger partial charge < -0.3 is 0 Å². The van der Waals surface area contributed by atoms with Crippen LogP contribution in [0.15, 0.2) is 65.8 Å². The largest absolute Gasteiger partial charge is 0.280 e. The average molecular weight is 319 g/mol. The number of hydrogen-bond donors (Lipinski definition) is 1. The van der Waals surface area contributed by atoms with Crippen LogP contribution in [0.2, 0.25) is 5.02 Å². The van der Waals surface area contributed by atoms with E-state index in [1.165, 1.54) is 18.5 Å². The molecule has 0 fully saturated rings. The van der Waals surface area contributed by atoms with Crippen LogP contribution in [0.4, 0.5) is 5.69 Å². The molecule has 4 nitrogen and oxygen atoms in total. The molecule has 0 atom stereocenters. The van der Waals surface area contributed by atoms with E-state index in [1.54, 1.807) is 12.1 Å². The summed E-state index contributed by atoms with van der Waals surface area (Å²) >= 11 is 5.91. The minimum atomic E-state index is -3.76.